The van der Waals surface area contributed by atoms with Gasteiger partial charge in [0.05, 0.1) is 0 Å². The molecule has 0 radical (unpaired) electrons. The van der Waals surface area contributed by atoms with Crippen LogP contribution >= 0.6 is 0 Å². The molecule has 0 atom stereocenters. The van der Waals surface area contributed by atoms with Crippen LogP contribution in [-0.2, 0) is 6.42 Å². The Balaban J connectivity index is 2.29. The van der Waals surface area contributed by atoms with Crippen molar-refractivity contribution >= 4 is 0 Å². The number of fused-ring (bicyclic) bond motifs is 1. The van der Waals surface area contributed by atoms with Crippen molar-refractivity contribution < 1.29 is 14.6 Å². The van der Waals surface area contributed by atoms with Gasteiger partial charge in [0.15, 0.2) is 11.5 Å². The summed E-state index contributed by atoms with van der Waals surface area (Å²) >= 11 is 0. The second-order valence-electron chi connectivity index (χ2n) is 3.19. The maximum absolute atomic E-state index is 9.42. The summed E-state index contributed by atoms with van der Waals surface area (Å²) in [6.45, 7) is 1.09. The number of hydrogen-bond acceptors (Lipinski definition) is 4. The summed E-state index contributed by atoms with van der Waals surface area (Å²) in [7, 11) is 1.89. The second kappa shape index (κ2) is 3.75. The Hall–Kier alpha value is -1.42. The van der Waals surface area contributed by atoms with Gasteiger partial charge in [-0.2, -0.15) is 0 Å². The van der Waals surface area contributed by atoms with E-state index in [1.165, 1.54) is 0 Å². The van der Waals surface area contributed by atoms with Gasteiger partial charge in [-0.05, 0) is 26.1 Å². The van der Waals surface area contributed by atoms with Crippen LogP contribution in [0.25, 0.3) is 0 Å². The van der Waals surface area contributed by atoms with E-state index in [0.29, 0.717) is 5.75 Å². The van der Waals surface area contributed by atoms with Gasteiger partial charge in [-0.15, -0.1) is 0 Å². The average Bonchev–Trinajstić information content (AvgIpc) is 2.61. The first-order valence-electron chi connectivity index (χ1n) is 4.57. The first-order chi connectivity index (χ1) is 6.81. The standard InChI is InChI=1S/C10H13NO3/c1-11-3-2-7-4-8(12)5-9-10(7)14-6-13-9/h4-5,11-12H,2-3,6H2,1H3. The molecule has 2 N–H and O–H groups in total. The van der Waals surface area contributed by atoms with Gasteiger partial charge in [-0.1, -0.05) is 0 Å². The molecule has 0 aliphatic carbocycles. The lowest BCUT2D eigenvalue weighted by Gasteiger charge is -2.06. The molecule has 0 saturated heterocycles. The predicted octanol–water partition coefficient (Wildman–Crippen LogP) is 0.883. The van der Waals surface area contributed by atoms with Crippen molar-refractivity contribution in [3.63, 3.8) is 0 Å². The smallest absolute Gasteiger partial charge is 0.231 e. The van der Waals surface area contributed by atoms with Crippen LogP contribution in [0.4, 0.5) is 0 Å². The van der Waals surface area contributed by atoms with Crippen LogP contribution in [0.15, 0.2) is 12.1 Å². The van der Waals surface area contributed by atoms with Crippen LogP contribution in [0.1, 0.15) is 5.56 Å². The first kappa shape index (κ1) is 9.15. The van der Waals surface area contributed by atoms with Crippen molar-refractivity contribution in [1.29, 1.82) is 0 Å². The van der Waals surface area contributed by atoms with E-state index >= 15 is 0 Å². The fourth-order valence-corrected chi connectivity index (χ4v) is 1.51. The number of rotatable bonds is 3. The number of likely N-dealkylation sites (N-methyl/N-ethyl adjacent to an activating group) is 1. The number of hydrogen-bond donors (Lipinski definition) is 2. The molecule has 1 heterocycles. The van der Waals surface area contributed by atoms with E-state index < -0.39 is 0 Å². The van der Waals surface area contributed by atoms with Crippen LogP contribution in [0.5, 0.6) is 17.2 Å². The van der Waals surface area contributed by atoms with Gasteiger partial charge >= 0.3 is 0 Å². The summed E-state index contributed by atoms with van der Waals surface area (Å²) in [5.74, 6) is 1.62. The summed E-state index contributed by atoms with van der Waals surface area (Å²) in [6.07, 6.45) is 0.816. The van der Waals surface area contributed by atoms with Crippen molar-refractivity contribution in [2.24, 2.45) is 0 Å². The summed E-state index contributed by atoms with van der Waals surface area (Å²) < 4.78 is 10.5. The maximum Gasteiger partial charge on any atom is 0.231 e. The molecular weight excluding hydrogens is 182 g/mol. The first-order valence-corrected chi connectivity index (χ1v) is 4.57. The van der Waals surface area contributed by atoms with Gasteiger partial charge < -0.3 is 19.9 Å². The van der Waals surface area contributed by atoms with E-state index in [2.05, 4.69) is 5.32 Å². The minimum atomic E-state index is 0.223. The maximum atomic E-state index is 9.42. The summed E-state index contributed by atoms with van der Waals surface area (Å²) in [5.41, 5.74) is 0.979. The molecule has 2 rings (SSSR count). The highest BCUT2D eigenvalue weighted by atomic mass is 16.7. The molecule has 0 spiro atoms. The molecular formula is C10H13NO3. The van der Waals surface area contributed by atoms with E-state index in [1.54, 1.807) is 12.1 Å². The largest absolute Gasteiger partial charge is 0.508 e. The van der Waals surface area contributed by atoms with Crippen molar-refractivity contribution in [2.75, 3.05) is 20.4 Å². The average molecular weight is 195 g/mol. The van der Waals surface area contributed by atoms with Crippen molar-refractivity contribution in [3.05, 3.63) is 17.7 Å². The Labute approximate surface area is 82.5 Å². The Kier molecular flexibility index (Phi) is 2.45. The number of aromatic hydroxyl groups is 1. The topological polar surface area (TPSA) is 50.7 Å². The van der Waals surface area contributed by atoms with E-state index in [-0.39, 0.29) is 12.5 Å². The number of ether oxygens (including phenoxy) is 2. The summed E-state index contributed by atoms with van der Waals surface area (Å²) in [5, 5.41) is 12.5. The minimum Gasteiger partial charge on any atom is -0.508 e. The number of benzene rings is 1. The van der Waals surface area contributed by atoms with Gasteiger partial charge in [0.25, 0.3) is 0 Å². The molecule has 14 heavy (non-hydrogen) atoms. The lowest BCUT2D eigenvalue weighted by molar-refractivity contribution is 0.173. The Morgan fingerprint density at radius 1 is 1.43 bits per heavy atom. The molecule has 4 heteroatoms. The highest BCUT2D eigenvalue weighted by Gasteiger charge is 2.18. The highest BCUT2D eigenvalue weighted by Crippen LogP contribution is 2.38. The quantitative estimate of drug-likeness (QED) is 0.751. The fraction of sp³-hybridized carbons (Fsp3) is 0.400. The molecule has 0 aromatic heterocycles. The molecule has 0 fully saturated rings. The lowest BCUT2D eigenvalue weighted by Crippen LogP contribution is -2.10. The van der Waals surface area contributed by atoms with Gasteiger partial charge in [-0.3, -0.25) is 0 Å². The molecule has 1 aromatic rings. The molecule has 1 aliphatic heterocycles. The third-order valence-electron chi connectivity index (χ3n) is 2.18. The number of phenolic OH excluding ortho intramolecular Hbond substituents is 1. The van der Waals surface area contributed by atoms with Gasteiger partial charge in [0.1, 0.15) is 5.75 Å². The van der Waals surface area contributed by atoms with Gasteiger partial charge in [0, 0.05) is 11.6 Å². The van der Waals surface area contributed by atoms with Crippen LogP contribution < -0.4 is 14.8 Å². The van der Waals surface area contributed by atoms with E-state index in [1.807, 2.05) is 7.05 Å². The zero-order valence-corrected chi connectivity index (χ0v) is 8.04. The normalized spacial score (nSPS) is 13.2. The number of nitrogens with one attached hydrogen (secondary N) is 1. The number of phenols is 1. The lowest BCUT2D eigenvalue weighted by atomic mass is 10.1. The van der Waals surface area contributed by atoms with Gasteiger partial charge in [-0.25, -0.2) is 0 Å². The summed E-state index contributed by atoms with van der Waals surface area (Å²) in [4.78, 5) is 0. The monoisotopic (exact) mass is 195 g/mol. The predicted molar refractivity (Wildman–Crippen MR) is 51.9 cm³/mol. The third kappa shape index (κ3) is 1.61. The van der Waals surface area contributed by atoms with Crippen molar-refractivity contribution in [3.8, 4) is 17.2 Å². The highest BCUT2D eigenvalue weighted by molar-refractivity contribution is 5.52. The van der Waals surface area contributed by atoms with Crippen LogP contribution in [-0.4, -0.2) is 25.5 Å². The minimum absolute atomic E-state index is 0.223. The van der Waals surface area contributed by atoms with Crippen LogP contribution in [0, 0.1) is 0 Å². The fourth-order valence-electron chi connectivity index (χ4n) is 1.51. The molecule has 1 aliphatic rings. The molecule has 4 nitrogen and oxygen atoms in total. The molecule has 1 aromatic carbocycles. The molecule has 0 bridgehead atoms. The van der Waals surface area contributed by atoms with E-state index in [9.17, 15) is 5.11 Å². The Morgan fingerprint density at radius 2 is 2.29 bits per heavy atom. The molecule has 0 unspecified atom stereocenters. The SMILES string of the molecule is CNCCc1cc(O)cc2c1OCO2. The molecule has 0 saturated carbocycles. The third-order valence-corrected chi connectivity index (χ3v) is 2.18. The van der Waals surface area contributed by atoms with Crippen molar-refractivity contribution in [1.82, 2.24) is 5.32 Å². The zero-order valence-electron chi connectivity index (χ0n) is 8.04. The molecule has 0 amide bonds. The van der Waals surface area contributed by atoms with Crippen LogP contribution in [0.3, 0.4) is 0 Å². The zero-order chi connectivity index (χ0) is 9.97. The summed E-state index contributed by atoms with van der Waals surface area (Å²) in [6, 6.07) is 3.29. The van der Waals surface area contributed by atoms with Crippen LogP contribution in [0.2, 0.25) is 0 Å². The van der Waals surface area contributed by atoms with Crippen molar-refractivity contribution in [2.45, 2.75) is 6.42 Å². The van der Waals surface area contributed by atoms with E-state index in [0.717, 1.165) is 24.3 Å². The van der Waals surface area contributed by atoms with Gasteiger partial charge in [0.2, 0.25) is 6.79 Å². The Bertz CT molecular complexity index is 338. The van der Waals surface area contributed by atoms with E-state index in [4.69, 9.17) is 9.47 Å². The second-order valence-corrected chi connectivity index (χ2v) is 3.19. The Morgan fingerprint density at radius 3 is 3.07 bits per heavy atom. The molecule has 76 valence electrons.